The molecule has 0 aliphatic heterocycles. The molecule has 0 atom stereocenters. The Morgan fingerprint density at radius 2 is 2.00 bits per heavy atom. The van der Waals surface area contributed by atoms with Crippen LogP contribution in [0.1, 0.15) is 21.6 Å². The molecule has 0 spiro atoms. The van der Waals surface area contributed by atoms with Crippen LogP contribution in [0.5, 0.6) is 0 Å². The van der Waals surface area contributed by atoms with E-state index in [0.29, 0.717) is 16.4 Å². The van der Waals surface area contributed by atoms with Crippen molar-refractivity contribution in [2.45, 2.75) is 6.92 Å². The first-order valence-electron chi connectivity index (χ1n) is 7.46. The Morgan fingerprint density at radius 1 is 1.24 bits per heavy atom. The minimum atomic E-state index is -0.514. The number of aryl methyl sites for hydroxylation is 1. The lowest BCUT2D eigenvalue weighted by atomic mass is 10.2. The summed E-state index contributed by atoms with van der Waals surface area (Å²) in [4.78, 5) is 11.9. The van der Waals surface area contributed by atoms with Gasteiger partial charge in [0.05, 0.1) is 23.2 Å². The molecule has 0 saturated carbocycles. The highest BCUT2D eigenvalue weighted by atomic mass is 35.5. The average molecular weight is 357 g/mol. The van der Waals surface area contributed by atoms with Gasteiger partial charge in [-0.2, -0.15) is 10.2 Å². The molecule has 3 rings (SSSR count). The molecule has 0 fully saturated rings. The Kier molecular flexibility index (Phi) is 4.90. The van der Waals surface area contributed by atoms with Gasteiger partial charge >= 0.3 is 0 Å². The fraction of sp³-hybridized carbons (Fsp3) is 0.0556. The van der Waals surface area contributed by atoms with Crippen molar-refractivity contribution in [1.82, 2.24) is 15.2 Å². The zero-order valence-corrected chi connectivity index (χ0v) is 14.0. The zero-order valence-electron chi connectivity index (χ0n) is 13.3. The van der Waals surface area contributed by atoms with Gasteiger partial charge in [-0.15, -0.1) is 0 Å². The third-order valence-electron chi connectivity index (χ3n) is 3.50. The SMILES string of the molecule is Cc1nn(-c2ccccc2)c(Cl)c1/C=N\NC(=O)c1cccc(F)c1. The van der Waals surface area contributed by atoms with E-state index in [4.69, 9.17) is 11.6 Å². The summed E-state index contributed by atoms with van der Waals surface area (Å²) in [7, 11) is 0. The first-order chi connectivity index (χ1) is 12.1. The molecular formula is C18H14ClFN4O. The maximum Gasteiger partial charge on any atom is 0.271 e. The van der Waals surface area contributed by atoms with E-state index in [1.54, 1.807) is 11.6 Å². The number of hydrazone groups is 1. The van der Waals surface area contributed by atoms with Gasteiger partial charge in [-0.05, 0) is 37.3 Å². The molecule has 1 aromatic heterocycles. The predicted octanol–water partition coefficient (Wildman–Crippen LogP) is 3.74. The summed E-state index contributed by atoms with van der Waals surface area (Å²) >= 11 is 6.36. The molecule has 0 saturated heterocycles. The number of hydrogen-bond acceptors (Lipinski definition) is 3. The number of carbonyl (C=O) groups excluding carboxylic acids is 1. The molecule has 25 heavy (non-hydrogen) atoms. The first-order valence-corrected chi connectivity index (χ1v) is 7.83. The maximum atomic E-state index is 13.1. The number of rotatable bonds is 4. The summed E-state index contributed by atoms with van der Waals surface area (Å²) in [5, 5.41) is 8.65. The van der Waals surface area contributed by atoms with E-state index < -0.39 is 11.7 Å². The van der Waals surface area contributed by atoms with Gasteiger partial charge in [-0.3, -0.25) is 4.79 Å². The third-order valence-corrected chi connectivity index (χ3v) is 3.86. The Bertz CT molecular complexity index is 938. The van der Waals surface area contributed by atoms with Crippen LogP contribution in [0, 0.1) is 12.7 Å². The van der Waals surface area contributed by atoms with E-state index >= 15 is 0 Å². The summed E-state index contributed by atoms with van der Waals surface area (Å²) in [5.41, 5.74) is 4.60. The van der Waals surface area contributed by atoms with Crippen LogP contribution in [0.3, 0.4) is 0 Å². The highest BCUT2D eigenvalue weighted by molar-refractivity contribution is 6.32. The van der Waals surface area contributed by atoms with Crippen molar-refractivity contribution in [3.63, 3.8) is 0 Å². The normalized spacial score (nSPS) is 11.0. The van der Waals surface area contributed by atoms with E-state index in [1.807, 2.05) is 30.3 Å². The van der Waals surface area contributed by atoms with Gasteiger partial charge in [0.25, 0.3) is 5.91 Å². The Balaban J connectivity index is 1.78. The summed E-state index contributed by atoms with van der Waals surface area (Å²) in [6.45, 7) is 1.79. The predicted molar refractivity (Wildman–Crippen MR) is 94.8 cm³/mol. The number of benzene rings is 2. The zero-order chi connectivity index (χ0) is 17.8. The minimum absolute atomic E-state index is 0.181. The van der Waals surface area contributed by atoms with Gasteiger partial charge in [0, 0.05) is 5.56 Å². The van der Waals surface area contributed by atoms with Crippen molar-refractivity contribution in [3.8, 4) is 5.69 Å². The van der Waals surface area contributed by atoms with Crippen molar-refractivity contribution >= 4 is 23.7 Å². The Hall–Kier alpha value is -2.99. The summed E-state index contributed by atoms with van der Waals surface area (Å²) < 4.78 is 14.7. The first kappa shape index (κ1) is 16.9. The van der Waals surface area contributed by atoms with Gasteiger partial charge in [0.2, 0.25) is 0 Å². The van der Waals surface area contributed by atoms with Gasteiger partial charge in [0.15, 0.2) is 0 Å². The van der Waals surface area contributed by atoms with Crippen molar-refractivity contribution in [1.29, 1.82) is 0 Å². The van der Waals surface area contributed by atoms with E-state index in [0.717, 1.165) is 11.8 Å². The third kappa shape index (κ3) is 3.75. The molecule has 2 aromatic carbocycles. The molecule has 0 unspecified atom stereocenters. The van der Waals surface area contributed by atoms with Gasteiger partial charge in [-0.1, -0.05) is 35.9 Å². The molecule has 7 heteroatoms. The lowest BCUT2D eigenvalue weighted by molar-refractivity contribution is 0.0954. The van der Waals surface area contributed by atoms with Gasteiger partial charge in [-0.25, -0.2) is 14.5 Å². The Morgan fingerprint density at radius 3 is 2.72 bits per heavy atom. The fourth-order valence-electron chi connectivity index (χ4n) is 2.25. The number of amides is 1. The molecule has 3 aromatic rings. The van der Waals surface area contributed by atoms with E-state index in [1.165, 1.54) is 24.4 Å². The lowest BCUT2D eigenvalue weighted by Gasteiger charge is -2.02. The molecule has 0 aliphatic carbocycles. The van der Waals surface area contributed by atoms with Crippen molar-refractivity contribution < 1.29 is 9.18 Å². The molecule has 0 aliphatic rings. The van der Waals surface area contributed by atoms with Crippen LogP contribution in [0.15, 0.2) is 59.7 Å². The van der Waals surface area contributed by atoms with Crippen molar-refractivity contribution in [3.05, 3.63) is 82.4 Å². The molecule has 1 N–H and O–H groups in total. The fourth-order valence-corrected chi connectivity index (χ4v) is 2.57. The smallest absolute Gasteiger partial charge is 0.267 e. The van der Waals surface area contributed by atoms with Crippen LogP contribution >= 0.6 is 11.6 Å². The second-order valence-electron chi connectivity index (χ2n) is 5.25. The number of aromatic nitrogens is 2. The topological polar surface area (TPSA) is 59.3 Å². The van der Waals surface area contributed by atoms with E-state index in [2.05, 4.69) is 15.6 Å². The van der Waals surface area contributed by atoms with Crippen LogP contribution in [0.2, 0.25) is 5.15 Å². The minimum Gasteiger partial charge on any atom is -0.267 e. The molecular weight excluding hydrogens is 343 g/mol. The molecule has 5 nitrogen and oxygen atoms in total. The number of nitrogens with zero attached hydrogens (tertiary/aromatic N) is 3. The highest BCUT2D eigenvalue weighted by Gasteiger charge is 2.13. The average Bonchev–Trinajstić information content (AvgIpc) is 2.90. The van der Waals surface area contributed by atoms with Crippen molar-refractivity contribution in [2.24, 2.45) is 5.10 Å². The molecule has 0 bridgehead atoms. The van der Waals surface area contributed by atoms with E-state index in [-0.39, 0.29) is 5.56 Å². The second-order valence-corrected chi connectivity index (χ2v) is 5.60. The van der Waals surface area contributed by atoms with E-state index in [9.17, 15) is 9.18 Å². The van der Waals surface area contributed by atoms with Gasteiger partial charge in [0.1, 0.15) is 11.0 Å². The Labute approximate surface area is 148 Å². The summed E-state index contributed by atoms with van der Waals surface area (Å²) in [5.74, 6) is -1.00. The number of halogens is 2. The van der Waals surface area contributed by atoms with Crippen molar-refractivity contribution in [2.75, 3.05) is 0 Å². The molecule has 0 radical (unpaired) electrons. The summed E-state index contributed by atoms with van der Waals surface area (Å²) in [6, 6.07) is 14.8. The highest BCUT2D eigenvalue weighted by Crippen LogP contribution is 2.21. The van der Waals surface area contributed by atoms with Crippen LogP contribution in [0.25, 0.3) is 5.69 Å². The molecule has 1 heterocycles. The standard InChI is InChI=1S/C18H14ClFN4O/c1-12-16(17(19)24(23-12)15-8-3-2-4-9-15)11-21-22-18(25)13-6-5-7-14(20)10-13/h2-11H,1H3,(H,22,25)/b21-11-. The maximum absolute atomic E-state index is 13.1. The number of hydrogen-bond donors (Lipinski definition) is 1. The molecule has 1 amide bonds. The largest absolute Gasteiger partial charge is 0.271 e. The second kappa shape index (κ2) is 7.27. The van der Waals surface area contributed by atoms with Gasteiger partial charge < -0.3 is 0 Å². The number of para-hydroxylation sites is 1. The monoisotopic (exact) mass is 356 g/mol. The number of nitrogens with one attached hydrogen (secondary N) is 1. The van der Waals surface area contributed by atoms with Crippen LogP contribution in [0.4, 0.5) is 4.39 Å². The van der Waals surface area contributed by atoms with Crippen LogP contribution < -0.4 is 5.43 Å². The number of carbonyl (C=O) groups is 1. The quantitative estimate of drug-likeness (QED) is 0.572. The molecule has 126 valence electrons. The summed E-state index contributed by atoms with van der Waals surface area (Å²) in [6.07, 6.45) is 1.42. The van der Waals surface area contributed by atoms with Crippen LogP contribution in [-0.2, 0) is 0 Å². The van der Waals surface area contributed by atoms with Crippen LogP contribution in [-0.4, -0.2) is 21.9 Å². The lowest BCUT2D eigenvalue weighted by Crippen LogP contribution is -2.17.